The second-order valence-electron chi connectivity index (χ2n) is 9.51. The Labute approximate surface area is 290 Å². The fourth-order valence-corrected chi connectivity index (χ4v) is 7.17. The number of hydrogen-bond donors (Lipinski definition) is 0. The van der Waals surface area contributed by atoms with E-state index in [1.54, 1.807) is 52.4 Å². The smallest absolute Gasteiger partial charge is 0.381 e. The van der Waals surface area contributed by atoms with Crippen LogP contribution in [0.5, 0.6) is 0 Å². The van der Waals surface area contributed by atoms with Crippen molar-refractivity contribution in [1.82, 2.24) is 0 Å². The first-order chi connectivity index (χ1) is 20.4. The number of alkyl halides is 6. The third-order valence-corrected chi connectivity index (χ3v) is 9.21. The molecular formula is C34H33F6Fe2O2P+4. The second kappa shape index (κ2) is 20.6. The van der Waals surface area contributed by atoms with Gasteiger partial charge in [-0.05, 0) is 140 Å². The number of hydrogen-bond acceptors (Lipinski definition) is 2. The van der Waals surface area contributed by atoms with Crippen LogP contribution in [0.4, 0.5) is 26.3 Å². The van der Waals surface area contributed by atoms with E-state index in [2.05, 4.69) is 0 Å². The summed E-state index contributed by atoms with van der Waals surface area (Å²) in [6, 6.07) is 1.80. The summed E-state index contributed by atoms with van der Waals surface area (Å²) in [7, 11) is 1.22. The third-order valence-electron chi connectivity index (χ3n) is 6.66. The van der Waals surface area contributed by atoms with Crippen LogP contribution in [0.1, 0.15) is 25.0 Å². The summed E-state index contributed by atoms with van der Waals surface area (Å²) in [5, 5.41) is -0.0429. The molecule has 0 saturated heterocycles. The molecule has 20 radical (unpaired) electrons. The Balaban J connectivity index is 0.000000712. The minimum atomic E-state index is -4.93. The van der Waals surface area contributed by atoms with Crippen molar-refractivity contribution in [3.8, 4) is 0 Å². The standard InChI is InChI=1S/C24H23F6O2P.2C5H5.2Fe/c1-14(31-3)19-7-5-9-21(19)33(22-10-6-8-20(22)15(2)32-4)18-12-16(23(25,26)27)11-17(13-18)24(28,29)30;2*1-2-4-5-3-1;;/h5-15H,1-4H3;2*1-5H;;/q;;;2*+2/t14-,15-;;;;/m0..../s1. The van der Waals surface area contributed by atoms with Crippen molar-refractivity contribution in [2.45, 2.75) is 38.4 Å². The van der Waals surface area contributed by atoms with Gasteiger partial charge in [0.2, 0.25) is 0 Å². The molecule has 0 aliphatic heterocycles. The van der Waals surface area contributed by atoms with Crippen molar-refractivity contribution in [3.05, 3.63) is 155 Å². The number of methoxy groups -OCH3 is 2. The van der Waals surface area contributed by atoms with Crippen LogP contribution < -0.4 is 5.30 Å². The predicted molar refractivity (Wildman–Crippen MR) is 158 cm³/mol. The van der Waals surface area contributed by atoms with Crippen LogP contribution in [-0.2, 0) is 56.0 Å². The molecule has 240 valence electrons. The molecule has 0 spiro atoms. The number of halogens is 6. The normalized spacial score (nSPS) is 21.4. The summed E-state index contributed by atoms with van der Waals surface area (Å²) in [6.45, 7) is 3.56. The zero-order chi connectivity index (χ0) is 31.6. The average molecular weight is 730 g/mol. The molecule has 0 heterocycles. The van der Waals surface area contributed by atoms with Gasteiger partial charge in [0.1, 0.15) is 0 Å². The molecule has 0 bridgehead atoms. The molecule has 2 nitrogen and oxygen atoms in total. The first-order valence-electron chi connectivity index (χ1n) is 13.4. The molecular weight excluding hydrogens is 697 g/mol. The summed E-state index contributed by atoms with van der Waals surface area (Å²) < 4.78 is 92.5. The van der Waals surface area contributed by atoms with Crippen molar-refractivity contribution < 1.29 is 70.0 Å². The number of benzene rings is 1. The Kier molecular flexibility index (Phi) is 19.8. The van der Waals surface area contributed by atoms with Gasteiger partial charge >= 0.3 is 46.5 Å². The molecule has 1 aromatic carbocycles. The van der Waals surface area contributed by atoms with Gasteiger partial charge in [-0.25, -0.2) is 0 Å². The molecule has 4 fully saturated rings. The van der Waals surface area contributed by atoms with Gasteiger partial charge in [-0.1, -0.05) is 7.92 Å². The molecule has 4 aliphatic rings. The van der Waals surface area contributed by atoms with Crippen molar-refractivity contribution in [2.24, 2.45) is 0 Å². The maximum Gasteiger partial charge on any atom is 2.00 e. The van der Waals surface area contributed by atoms with Gasteiger partial charge in [0.25, 0.3) is 0 Å². The fourth-order valence-electron chi connectivity index (χ4n) is 4.31. The Bertz CT molecular complexity index is 870. The quantitative estimate of drug-likeness (QED) is 0.160. The minimum absolute atomic E-state index is 0. The van der Waals surface area contributed by atoms with Gasteiger partial charge in [-0.3, -0.25) is 0 Å². The Morgan fingerprint density at radius 1 is 0.511 bits per heavy atom. The molecule has 1 aromatic rings. The molecule has 2 atom stereocenters. The summed E-state index contributed by atoms with van der Waals surface area (Å²) in [6.07, 6.45) is 19.8. The van der Waals surface area contributed by atoms with Crippen molar-refractivity contribution in [2.75, 3.05) is 14.2 Å². The molecule has 0 amide bonds. The Morgan fingerprint density at radius 3 is 1.09 bits per heavy atom. The van der Waals surface area contributed by atoms with E-state index in [4.69, 9.17) is 9.47 Å². The second-order valence-corrected chi connectivity index (χ2v) is 11.7. The molecule has 5 rings (SSSR count). The minimum Gasteiger partial charge on any atom is -0.381 e. The van der Waals surface area contributed by atoms with E-state index >= 15 is 0 Å². The van der Waals surface area contributed by atoms with Crippen LogP contribution in [0.25, 0.3) is 0 Å². The molecule has 0 aromatic heterocycles. The fraction of sp³-hybridized carbons (Fsp3) is 0.235. The van der Waals surface area contributed by atoms with Gasteiger partial charge in [0.05, 0.1) is 23.3 Å². The van der Waals surface area contributed by atoms with Crippen molar-refractivity contribution in [3.63, 3.8) is 0 Å². The SMILES string of the molecule is CO[C@@H](C)[C]1[CH][CH][CH][C]1P([C]1[CH][CH][CH][C]1[C@H](C)OC)c1cc(C(F)(F)F)cc(C(F)(F)F)c1.[CH]1[CH][CH][CH][CH]1.[CH]1[CH][CH][CH][CH]1.[Fe+2].[Fe+2]. The van der Waals surface area contributed by atoms with Crippen molar-refractivity contribution in [1.29, 1.82) is 0 Å². The predicted octanol–water partition coefficient (Wildman–Crippen LogP) is 8.41. The summed E-state index contributed by atoms with van der Waals surface area (Å²) in [5.41, 5.74) is -1.38. The molecule has 45 heavy (non-hydrogen) atoms. The van der Waals surface area contributed by atoms with E-state index in [-0.39, 0.29) is 45.5 Å². The molecule has 4 aliphatic carbocycles. The zero-order valence-corrected chi connectivity index (χ0v) is 28.0. The van der Waals surface area contributed by atoms with Crippen molar-refractivity contribution >= 4 is 13.2 Å². The third kappa shape index (κ3) is 12.9. The van der Waals surface area contributed by atoms with Gasteiger partial charge < -0.3 is 9.47 Å². The first kappa shape index (κ1) is 43.2. The van der Waals surface area contributed by atoms with E-state index < -0.39 is 43.6 Å². The average Bonchev–Trinajstić information content (AvgIpc) is 3.80. The van der Waals surface area contributed by atoms with E-state index in [1.165, 1.54) is 14.2 Å². The van der Waals surface area contributed by atoms with E-state index in [9.17, 15) is 26.3 Å². The van der Waals surface area contributed by atoms with Crippen LogP contribution in [0.15, 0.2) is 18.2 Å². The van der Waals surface area contributed by atoms with Crippen LogP contribution >= 0.6 is 7.92 Å². The van der Waals surface area contributed by atoms with Crippen LogP contribution in [0.2, 0.25) is 0 Å². The van der Waals surface area contributed by atoms with Gasteiger partial charge in [-0.15, -0.1) is 0 Å². The van der Waals surface area contributed by atoms with Crippen LogP contribution in [0, 0.1) is 126 Å². The summed E-state index contributed by atoms with van der Waals surface area (Å²) >= 11 is 0. The largest absolute Gasteiger partial charge is 2.00 e. The van der Waals surface area contributed by atoms with Gasteiger partial charge in [0, 0.05) is 37.4 Å². The maximum atomic E-state index is 13.6. The topological polar surface area (TPSA) is 18.5 Å². The van der Waals surface area contributed by atoms with E-state index in [0.29, 0.717) is 23.2 Å². The summed E-state index contributed by atoms with van der Waals surface area (Å²) in [4.78, 5) is 0. The first-order valence-corrected chi connectivity index (χ1v) is 14.7. The Morgan fingerprint density at radius 2 is 0.822 bits per heavy atom. The molecule has 0 N–H and O–H groups in total. The van der Waals surface area contributed by atoms with E-state index in [1.807, 2.05) is 64.2 Å². The maximum absolute atomic E-state index is 13.6. The molecule has 11 heteroatoms. The zero-order valence-electron chi connectivity index (χ0n) is 24.9. The monoisotopic (exact) mass is 730 g/mol. The van der Waals surface area contributed by atoms with E-state index in [0.717, 1.165) is 12.1 Å². The van der Waals surface area contributed by atoms with Crippen LogP contribution in [-0.4, -0.2) is 26.4 Å². The molecule has 0 unspecified atom stereocenters. The van der Waals surface area contributed by atoms with Gasteiger partial charge in [-0.2, -0.15) is 26.3 Å². The summed E-state index contributed by atoms with van der Waals surface area (Å²) in [5.74, 6) is 1.43. The number of rotatable bonds is 7. The molecule has 4 saturated carbocycles. The van der Waals surface area contributed by atoms with Gasteiger partial charge in [0.15, 0.2) is 0 Å². The Hall–Kier alpha value is 0.189. The van der Waals surface area contributed by atoms with Crippen LogP contribution in [0.3, 0.4) is 0 Å². The number of ether oxygens (including phenoxy) is 2.